The fraction of sp³-hybridized carbons (Fsp3) is 0.200. The second-order valence-corrected chi connectivity index (χ2v) is 7.25. The van der Waals surface area contributed by atoms with Crippen LogP contribution in [-0.2, 0) is 23.0 Å². The molecule has 4 rings (SSSR count). The molecule has 0 amide bonds. The van der Waals surface area contributed by atoms with Gasteiger partial charge in [-0.1, -0.05) is 12.1 Å². The summed E-state index contributed by atoms with van der Waals surface area (Å²) < 4.78 is 38.5. The lowest BCUT2D eigenvalue weighted by atomic mass is 10.1. The van der Waals surface area contributed by atoms with Crippen LogP contribution in [0.4, 0.5) is 0 Å². The van der Waals surface area contributed by atoms with Crippen molar-refractivity contribution >= 4 is 32.9 Å². The molecule has 3 aromatic rings. The van der Waals surface area contributed by atoms with Crippen molar-refractivity contribution in [3.63, 3.8) is 0 Å². The SMILES string of the molecule is O=S(=O)(Oc1ccc2c(c1)CCC2)c1cccc2nsnc12. The second-order valence-electron chi connectivity index (χ2n) is 5.21. The Morgan fingerprint density at radius 1 is 1.05 bits per heavy atom. The summed E-state index contributed by atoms with van der Waals surface area (Å²) in [5.41, 5.74) is 3.36. The second kappa shape index (κ2) is 5.03. The Bertz CT molecular complexity index is 964. The summed E-state index contributed by atoms with van der Waals surface area (Å²) in [5, 5.41) is 0. The number of aryl methyl sites for hydroxylation is 2. The number of hydrogen-bond acceptors (Lipinski definition) is 6. The van der Waals surface area contributed by atoms with Gasteiger partial charge in [0.25, 0.3) is 0 Å². The van der Waals surface area contributed by atoms with Crippen LogP contribution in [0, 0.1) is 0 Å². The van der Waals surface area contributed by atoms with Crippen molar-refractivity contribution in [1.82, 2.24) is 8.75 Å². The molecule has 1 heterocycles. The molecule has 0 unspecified atom stereocenters. The predicted octanol–water partition coefficient (Wildman–Crippen LogP) is 2.95. The molecule has 0 fully saturated rings. The summed E-state index contributed by atoms with van der Waals surface area (Å²) in [6.45, 7) is 0. The highest BCUT2D eigenvalue weighted by molar-refractivity contribution is 7.87. The molecule has 1 aliphatic carbocycles. The zero-order valence-corrected chi connectivity index (χ0v) is 13.2. The number of nitrogens with zero attached hydrogens (tertiary/aromatic N) is 2. The lowest BCUT2D eigenvalue weighted by Gasteiger charge is -2.08. The van der Waals surface area contributed by atoms with Gasteiger partial charge >= 0.3 is 10.1 Å². The van der Waals surface area contributed by atoms with Crippen molar-refractivity contribution in [3.05, 3.63) is 47.5 Å². The zero-order chi connectivity index (χ0) is 15.2. The predicted molar refractivity (Wildman–Crippen MR) is 83.7 cm³/mol. The molecule has 2 aromatic carbocycles. The van der Waals surface area contributed by atoms with Gasteiger partial charge in [0.05, 0.1) is 11.7 Å². The molecule has 7 heteroatoms. The quantitative estimate of drug-likeness (QED) is 0.690. The molecule has 112 valence electrons. The van der Waals surface area contributed by atoms with E-state index in [-0.39, 0.29) is 4.90 Å². The van der Waals surface area contributed by atoms with E-state index in [4.69, 9.17) is 4.18 Å². The first-order valence-corrected chi connectivity index (χ1v) is 9.05. The molecular formula is C15H12N2O3S2. The molecule has 0 saturated heterocycles. The standard InChI is InChI=1S/C15H12N2O3S2/c18-22(19,14-6-2-5-13-15(14)17-21-16-13)20-12-8-7-10-3-1-4-11(10)9-12/h2,5-9H,1,3-4H2. The van der Waals surface area contributed by atoms with Gasteiger partial charge in [-0.3, -0.25) is 0 Å². The molecule has 0 radical (unpaired) electrons. The van der Waals surface area contributed by atoms with E-state index in [2.05, 4.69) is 8.75 Å². The van der Waals surface area contributed by atoms with E-state index in [9.17, 15) is 8.42 Å². The van der Waals surface area contributed by atoms with Gasteiger partial charge in [0.15, 0.2) is 0 Å². The fourth-order valence-electron chi connectivity index (χ4n) is 2.75. The Kier molecular flexibility index (Phi) is 3.12. The van der Waals surface area contributed by atoms with Crippen LogP contribution in [0.2, 0.25) is 0 Å². The number of benzene rings is 2. The first-order chi connectivity index (χ1) is 10.6. The highest BCUT2D eigenvalue weighted by Crippen LogP contribution is 2.29. The zero-order valence-electron chi connectivity index (χ0n) is 11.5. The van der Waals surface area contributed by atoms with E-state index in [0.717, 1.165) is 31.0 Å². The van der Waals surface area contributed by atoms with Crippen LogP contribution in [-0.4, -0.2) is 17.2 Å². The topological polar surface area (TPSA) is 69.2 Å². The third-order valence-corrected chi connectivity index (χ3v) is 5.62. The van der Waals surface area contributed by atoms with Crippen LogP contribution in [0.15, 0.2) is 41.3 Å². The molecule has 1 aromatic heterocycles. The van der Waals surface area contributed by atoms with Crippen LogP contribution < -0.4 is 4.18 Å². The molecule has 22 heavy (non-hydrogen) atoms. The van der Waals surface area contributed by atoms with Crippen LogP contribution in [0.5, 0.6) is 5.75 Å². The number of aromatic nitrogens is 2. The highest BCUT2D eigenvalue weighted by atomic mass is 32.2. The Morgan fingerprint density at radius 2 is 1.91 bits per heavy atom. The van der Waals surface area contributed by atoms with Crippen molar-refractivity contribution in [2.75, 3.05) is 0 Å². The lowest BCUT2D eigenvalue weighted by Crippen LogP contribution is -2.10. The molecule has 0 bridgehead atoms. The molecule has 1 aliphatic rings. The Hall–Kier alpha value is -1.99. The van der Waals surface area contributed by atoms with Gasteiger partial charge < -0.3 is 4.18 Å². The average molecular weight is 332 g/mol. The molecule has 0 N–H and O–H groups in total. The van der Waals surface area contributed by atoms with Crippen LogP contribution >= 0.6 is 11.7 Å². The summed E-state index contributed by atoms with van der Waals surface area (Å²) in [6.07, 6.45) is 3.12. The van der Waals surface area contributed by atoms with E-state index in [0.29, 0.717) is 16.8 Å². The van der Waals surface area contributed by atoms with Gasteiger partial charge in [-0.2, -0.15) is 17.2 Å². The van der Waals surface area contributed by atoms with Crippen molar-refractivity contribution < 1.29 is 12.6 Å². The van der Waals surface area contributed by atoms with Gasteiger partial charge in [-0.25, -0.2) is 0 Å². The molecule has 0 spiro atoms. The average Bonchev–Trinajstić information content (AvgIpc) is 3.14. The number of hydrogen-bond donors (Lipinski definition) is 0. The minimum Gasteiger partial charge on any atom is -0.379 e. The minimum atomic E-state index is -3.92. The Labute approximate surface area is 132 Å². The smallest absolute Gasteiger partial charge is 0.341 e. The minimum absolute atomic E-state index is 0.0549. The van der Waals surface area contributed by atoms with Gasteiger partial charge in [0.1, 0.15) is 21.7 Å². The van der Waals surface area contributed by atoms with Gasteiger partial charge in [0, 0.05) is 0 Å². The maximum Gasteiger partial charge on any atom is 0.341 e. The maximum atomic E-state index is 12.5. The lowest BCUT2D eigenvalue weighted by molar-refractivity contribution is 0.486. The molecular weight excluding hydrogens is 320 g/mol. The largest absolute Gasteiger partial charge is 0.379 e. The van der Waals surface area contributed by atoms with E-state index >= 15 is 0 Å². The van der Waals surface area contributed by atoms with Crippen LogP contribution in [0.25, 0.3) is 11.0 Å². The molecule has 5 nitrogen and oxygen atoms in total. The van der Waals surface area contributed by atoms with Crippen LogP contribution in [0.3, 0.4) is 0 Å². The normalized spacial score (nSPS) is 14.2. The van der Waals surface area contributed by atoms with Gasteiger partial charge in [0.2, 0.25) is 0 Å². The monoisotopic (exact) mass is 332 g/mol. The molecule has 0 atom stereocenters. The first-order valence-electron chi connectivity index (χ1n) is 6.91. The fourth-order valence-corrected chi connectivity index (χ4v) is 4.44. The molecule has 0 aliphatic heterocycles. The Balaban J connectivity index is 1.74. The third-order valence-electron chi connectivity index (χ3n) is 3.79. The van der Waals surface area contributed by atoms with Gasteiger partial charge in [-0.05, 0) is 54.7 Å². The maximum absolute atomic E-state index is 12.5. The third kappa shape index (κ3) is 2.26. The summed E-state index contributed by atoms with van der Waals surface area (Å²) in [4.78, 5) is 0.0549. The summed E-state index contributed by atoms with van der Waals surface area (Å²) in [5.74, 6) is 0.348. The summed E-state index contributed by atoms with van der Waals surface area (Å²) >= 11 is 0.986. The van der Waals surface area contributed by atoms with E-state index < -0.39 is 10.1 Å². The van der Waals surface area contributed by atoms with Crippen molar-refractivity contribution in [2.24, 2.45) is 0 Å². The number of rotatable bonds is 3. The van der Waals surface area contributed by atoms with Crippen molar-refractivity contribution in [3.8, 4) is 5.75 Å². The number of fused-ring (bicyclic) bond motifs is 2. The van der Waals surface area contributed by atoms with E-state index in [1.165, 1.54) is 17.2 Å². The highest BCUT2D eigenvalue weighted by Gasteiger charge is 2.22. The van der Waals surface area contributed by atoms with Crippen molar-refractivity contribution in [1.29, 1.82) is 0 Å². The van der Waals surface area contributed by atoms with Crippen LogP contribution in [0.1, 0.15) is 17.5 Å². The van der Waals surface area contributed by atoms with E-state index in [1.54, 1.807) is 18.2 Å². The van der Waals surface area contributed by atoms with Crippen molar-refractivity contribution in [2.45, 2.75) is 24.2 Å². The van der Waals surface area contributed by atoms with Gasteiger partial charge in [-0.15, -0.1) is 0 Å². The first kappa shape index (κ1) is 13.7. The summed E-state index contributed by atoms with van der Waals surface area (Å²) in [6, 6.07) is 10.3. The Morgan fingerprint density at radius 3 is 2.82 bits per heavy atom. The van der Waals surface area contributed by atoms with E-state index in [1.807, 2.05) is 12.1 Å². The summed E-state index contributed by atoms with van der Waals surface area (Å²) in [7, 11) is -3.92. The molecule has 0 saturated carbocycles.